The standard InChI is InChI=1S/C12H14N4.2ClH/c1-2-4-10(5-3-1)12-9-16(15-14-12)11-6-7-13-8-11;;/h1-5,9,11,13H,6-8H2;2*1H. The molecule has 3 rings (SSSR count). The first-order chi connectivity index (χ1) is 7.93. The van der Waals surface area contributed by atoms with Crippen molar-refractivity contribution in [3.63, 3.8) is 0 Å². The molecule has 0 saturated carbocycles. The molecule has 2 heterocycles. The lowest BCUT2D eigenvalue weighted by Gasteiger charge is -2.05. The number of halogens is 2. The molecule has 0 bridgehead atoms. The van der Waals surface area contributed by atoms with Gasteiger partial charge in [0.05, 0.1) is 12.2 Å². The smallest absolute Gasteiger partial charge is 0.113 e. The SMILES string of the molecule is Cl.Cl.c1ccc(-c2cn(C3CCNC3)nn2)cc1. The van der Waals surface area contributed by atoms with Crippen LogP contribution in [0.4, 0.5) is 0 Å². The van der Waals surface area contributed by atoms with Crippen LogP contribution in [0.5, 0.6) is 0 Å². The molecule has 1 unspecified atom stereocenters. The van der Waals surface area contributed by atoms with Gasteiger partial charge in [0.1, 0.15) is 5.69 Å². The van der Waals surface area contributed by atoms with Gasteiger partial charge in [0.25, 0.3) is 0 Å². The second-order valence-electron chi connectivity index (χ2n) is 4.10. The van der Waals surface area contributed by atoms with E-state index in [1.54, 1.807) is 0 Å². The van der Waals surface area contributed by atoms with Gasteiger partial charge in [-0.15, -0.1) is 29.9 Å². The van der Waals surface area contributed by atoms with E-state index in [9.17, 15) is 0 Å². The average Bonchev–Trinajstić information content (AvgIpc) is 3.01. The van der Waals surface area contributed by atoms with E-state index in [0.29, 0.717) is 6.04 Å². The predicted molar refractivity (Wildman–Crippen MR) is 76.5 cm³/mol. The normalized spacial score (nSPS) is 17.9. The maximum absolute atomic E-state index is 4.22. The molecule has 2 aromatic rings. The molecule has 18 heavy (non-hydrogen) atoms. The van der Waals surface area contributed by atoms with Crippen molar-refractivity contribution in [3.8, 4) is 11.3 Å². The Morgan fingerprint density at radius 1 is 1.17 bits per heavy atom. The molecule has 1 atom stereocenters. The third-order valence-electron chi connectivity index (χ3n) is 2.99. The van der Waals surface area contributed by atoms with Crippen LogP contribution in [-0.4, -0.2) is 28.1 Å². The van der Waals surface area contributed by atoms with Crippen molar-refractivity contribution in [3.05, 3.63) is 36.5 Å². The highest BCUT2D eigenvalue weighted by Gasteiger charge is 2.17. The van der Waals surface area contributed by atoms with Gasteiger partial charge >= 0.3 is 0 Å². The molecule has 0 aliphatic carbocycles. The number of nitrogens with zero attached hydrogens (tertiary/aromatic N) is 3. The summed E-state index contributed by atoms with van der Waals surface area (Å²) in [7, 11) is 0. The fourth-order valence-electron chi connectivity index (χ4n) is 2.06. The van der Waals surface area contributed by atoms with Crippen LogP contribution in [-0.2, 0) is 0 Å². The Morgan fingerprint density at radius 2 is 1.94 bits per heavy atom. The quantitative estimate of drug-likeness (QED) is 0.921. The zero-order valence-electron chi connectivity index (χ0n) is 9.82. The molecule has 98 valence electrons. The Balaban J connectivity index is 0.000000810. The number of aromatic nitrogens is 3. The van der Waals surface area contributed by atoms with E-state index in [0.717, 1.165) is 30.8 Å². The molecule has 0 radical (unpaired) electrons. The molecule has 4 nitrogen and oxygen atoms in total. The van der Waals surface area contributed by atoms with Gasteiger partial charge in [-0.1, -0.05) is 35.5 Å². The van der Waals surface area contributed by atoms with Crippen molar-refractivity contribution in [1.29, 1.82) is 0 Å². The molecule has 6 heteroatoms. The maximum Gasteiger partial charge on any atom is 0.113 e. The molecule has 0 amide bonds. The van der Waals surface area contributed by atoms with Crippen molar-refractivity contribution in [2.45, 2.75) is 12.5 Å². The summed E-state index contributed by atoms with van der Waals surface area (Å²) in [6.07, 6.45) is 3.17. The minimum absolute atomic E-state index is 0. The molecule has 1 N–H and O–H groups in total. The first-order valence-corrected chi connectivity index (χ1v) is 5.61. The maximum atomic E-state index is 4.22. The molecule has 1 aliphatic rings. The third kappa shape index (κ3) is 3.02. The summed E-state index contributed by atoms with van der Waals surface area (Å²) in [5.74, 6) is 0. The van der Waals surface area contributed by atoms with E-state index in [1.165, 1.54) is 0 Å². The van der Waals surface area contributed by atoms with Gasteiger partial charge in [-0.2, -0.15) is 0 Å². The van der Waals surface area contributed by atoms with E-state index in [4.69, 9.17) is 0 Å². The van der Waals surface area contributed by atoms with Gasteiger partial charge < -0.3 is 5.32 Å². The van der Waals surface area contributed by atoms with E-state index < -0.39 is 0 Å². The van der Waals surface area contributed by atoms with Crippen LogP contribution in [0.2, 0.25) is 0 Å². The molecular weight excluding hydrogens is 271 g/mol. The number of nitrogens with one attached hydrogen (secondary N) is 1. The predicted octanol–water partition coefficient (Wildman–Crippen LogP) is 2.32. The number of hydrogen-bond donors (Lipinski definition) is 1. The van der Waals surface area contributed by atoms with Gasteiger partial charge in [-0.05, 0) is 13.0 Å². The summed E-state index contributed by atoms with van der Waals surface area (Å²) in [6.45, 7) is 2.07. The van der Waals surface area contributed by atoms with Crippen molar-refractivity contribution in [2.24, 2.45) is 0 Å². The fraction of sp³-hybridized carbons (Fsp3) is 0.333. The highest BCUT2D eigenvalue weighted by molar-refractivity contribution is 5.85. The van der Waals surface area contributed by atoms with Gasteiger partial charge in [0.2, 0.25) is 0 Å². The highest BCUT2D eigenvalue weighted by atomic mass is 35.5. The van der Waals surface area contributed by atoms with Crippen LogP contribution in [0, 0.1) is 0 Å². The van der Waals surface area contributed by atoms with Gasteiger partial charge in [0.15, 0.2) is 0 Å². The Bertz CT molecular complexity index is 466. The van der Waals surface area contributed by atoms with Crippen LogP contribution in [0.1, 0.15) is 12.5 Å². The van der Waals surface area contributed by atoms with Crippen molar-refractivity contribution in [2.75, 3.05) is 13.1 Å². The minimum Gasteiger partial charge on any atom is -0.315 e. The van der Waals surface area contributed by atoms with E-state index in [1.807, 2.05) is 29.1 Å². The second kappa shape index (κ2) is 6.73. The number of rotatable bonds is 2. The van der Waals surface area contributed by atoms with E-state index in [-0.39, 0.29) is 24.8 Å². The van der Waals surface area contributed by atoms with Crippen molar-refractivity contribution < 1.29 is 0 Å². The molecule has 1 aromatic carbocycles. The molecule has 1 aromatic heterocycles. The molecule has 1 fully saturated rings. The van der Waals surface area contributed by atoms with Gasteiger partial charge in [0, 0.05) is 12.1 Å². The fourth-order valence-corrected chi connectivity index (χ4v) is 2.06. The molecule has 0 spiro atoms. The van der Waals surface area contributed by atoms with Gasteiger partial charge in [-0.25, -0.2) is 4.68 Å². The average molecular weight is 287 g/mol. The van der Waals surface area contributed by atoms with Crippen LogP contribution >= 0.6 is 24.8 Å². The summed E-state index contributed by atoms with van der Waals surface area (Å²) >= 11 is 0. The summed E-state index contributed by atoms with van der Waals surface area (Å²) in [5, 5.41) is 11.7. The van der Waals surface area contributed by atoms with Crippen molar-refractivity contribution in [1.82, 2.24) is 20.3 Å². The van der Waals surface area contributed by atoms with Crippen LogP contribution < -0.4 is 5.32 Å². The zero-order chi connectivity index (χ0) is 10.8. The Labute approximate surface area is 119 Å². The largest absolute Gasteiger partial charge is 0.315 e. The monoisotopic (exact) mass is 286 g/mol. The topological polar surface area (TPSA) is 42.7 Å². The lowest BCUT2D eigenvalue weighted by atomic mass is 10.2. The molecule has 1 saturated heterocycles. The highest BCUT2D eigenvalue weighted by Crippen LogP contribution is 2.19. The second-order valence-corrected chi connectivity index (χ2v) is 4.10. The lowest BCUT2D eigenvalue weighted by molar-refractivity contribution is 0.476. The number of benzene rings is 1. The van der Waals surface area contributed by atoms with Crippen LogP contribution in [0.3, 0.4) is 0 Å². The summed E-state index contributed by atoms with van der Waals surface area (Å²) in [4.78, 5) is 0. The first kappa shape index (κ1) is 15.0. The Hall–Kier alpha value is -1.10. The van der Waals surface area contributed by atoms with Crippen molar-refractivity contribution >= 4 is 24.8 Å². The van der Waals surface area contributed by atoms with Crippen LogP contribution in [0.15, 0.2) is 36.5 Å². The Morgan fingerprint density at radius 3 is 2.61 bits per heavy atom. The third-order valence-corrected chi connectivity index (χ3v) is 2.99. The van der Waals surface area contributed by atoms with Crippen LogP contribution in [0.25, 0.3) is 11.3 Å². The molecular formula is C12H16Cl2N4. The summed E-state index contributed by atoms with van der Waals surface area (Å²) in [5.41, 5.74) is 2.08. The zero-order valence-corrected chi connectivity index (χ0v) is 11.5. The summed E-state index contributed by atoms with van der Waals surface area (Å²) < 4.78 is 1.97. The number of hydrogen-bond acceptors (Lipinski definition) is 3. The lowest BCUT2D eigenvalue weighted by Crippen LogP contribution is -2.13. The van der Waals surface area contributed by atoms with E-state index in [2.05, 4.69) is 27.8 Å². The van der Waals surface area contributed by atoms with E-state index >= 15 is 0 Å². The minimum atomic E-state index is 0. The Kier molecular flexibility index (Phi) is 5.59. The first-order valence-electron chi connectivity index (χ1n) is 5.61. The van der Waals surface area contributed by atoms with Gasteiger partial charge in [-0.3, -0.25) is 0 Å². The summed E-state index contributed by atoms with van der Waals surface area (Å²) in [6, 6.07) is 10.6. The molecule has 1 aliphatic heterocycles.